The molecule has 0 aliphatic carbocycles. The monoisotopic (exact) mass is 609 g/mol. The number of ether oxygens (including phenoxy) is 3. The van der Waals surface area contributed by atoms with E-state index in [0.717, 1.165) is 61.6 Å². The van der Waals surface area contributed by atoms with Crippen molar-refractivity contribution in [3.8, 4) is 17.2 Å². The average molecular weight is 610 g/mol. The number of fused-ring (bicyclic) bond motifs is 1. The highest BCUT2D eigenvalue weighted by atomic mass is 16.5. The normalized spacial score (nSPS) is 11.6. The Kier molecular flexibility index (Phi) is 19.4. The van der Waals surface area contributed by atoms with Crippen LogP contribution in [0.4, 0.5) is 0 Å². The van der Waals surface area contributed by atoms with Crippen molar-refractivity contribution in [3.63, 3.8) is 0 Å². The summed E-state index contributed by atoms with van der Waals surface area (Å²) in [4.78, 5) is 14.1. The highest BCUT2D eigenvalue weighted by Crippen LogP contribution is 2.35. The minimum atomic E-state index is -0.110. The number of aryl methyl sites for hydroxylation is 1. The molecule has 0 fully saturated rings. The van der Waals surface area contributed by atoms with Gasteiger partial charge in [-0.2, -0.15) is 0 Å². The van der Waals surface area contributed by atoms with Gasteiger partial charge in [-0.1, -0.05) is 109 Å². The van der Waals surface area contributed by atoms with Crippen LogP contribution in [-0.2, 0) is 6.54 Å². The zero-order valence-electron chi connectivity index (χ0n) is 29.1. The summed E-state index contributed by atoms with van der Waals surface area (Å²) in [6.07, 6.45) is 22.7. The molecule has 0 atom stereocenters. The Balaban J connectivity index is 2.36. The van der Waals surface area contributed by atoms with Crippen molar-refractivity contribution in [2.24, 2.45) is 0 Å². The number of aromatic nitrogens is 1. The summed E-state index contributed by atoms with van der Waals surface area (Å²) < 4.78 is 20.7. The second-order valence-corrected chi connectivity index (χ2v) is 12.6. The first-order chi connectivity index (χ1) is 21.4. The molecule has 44 heavy (non-hydrogen) atoms. The molecule has 0 unspecified atom stereocenters. The lowest BCUT2D eigenvalue weighted by molar-refractivity contribution is 0.277. The van der Waals surface area contributed by atoms with E-state index >= 15 is 0 Å². The van der Waals surface area contributed by atoms with Crippen molar-refractivity contribution in [3.05, 3.63) is 51.9 Å². The lowest BCUT2D eigenvalue weighted by Gasteiger charge is -2.19. The van der Waals surface area contributed by atoms with Crippen molar-refractivity contribution in [2.75, 3.05) is 19.8 Å². The molecule has 0 aliphatic heterocycles. The molecule has 0 saturated carbocycles. The molecule has 0 saturated heterocycles. The van der Waals surface area contributed by atoms with E-state index in [1.165, 1.54) is 68.9 Å². The predicted molar refractivity (Wildman–Crippen MR) is 189 cm³/mol. The van der Waals surface area contributed by atoms with Crippen LogP contribution < -0.4 is 19.8 Å². The Bertz CT molecular complexity index is 1190. The summed E-state index contributed by atoms with van der Waals surface area (Å²) in [5.74, 6) is 1.70. The van der Waals surface area contributed by atoms with Crippen LogP contribution in [0.2, 0.25) is 0 Å². The first-order valence-electron chi connectivity index (χ1n) is 17.8. The van der Waals surface area contributed by atoms with Crippen LogP contribution in [-0.4, -0.2) is 24.4 Å². The molecule has 1 aromatic heterocycles. The van der Waals surface area contributed by atoms with E-state index < -0.39 is 0 Å². The smallest absolute Gasteiger partial charge is 0.297 e. The minimum absolute atomic E-state index is 0.110. The van der Waals surface area contributed by atoms with Crippen LogP contribution in [0.5, 0.6) is 17.2 Å². The Morgan fingerprint density at radius 3 is 2.02 bits per heavy atom. The lowest BCUT2D eigenvalue weighted by atomic mass is 10.1. The molecule has 1 aromatic carbocycles. The third-order valence-electron chi connectivity index (χ3n) is 8.15. The number of hydrogen-bond acceptors (Lipinski definition) is 4. The number of allylic oxidation sites excluding steroid dienone is 3. The predicted octanol–water partition coefficient (Wildman–Crippen LogP) is 11.4. The summed E-state index contributed by atoms with van der Waals surface area (Å²) in [6, 6.07) is 6.11. The van der Waals surface area contributed by atoms with Crippen LogP contribution in [0.3, 0.4) is 0 Å². The van der Waals surface area contributed by atoms with Crippen molar-refractivity contribution in [2.45, 2.75) is 151 Å². The molecule has 2 aromatic rings. The van der Waals surface area contributed by atoms with E-state index in [2.05, 4.69) is 59.8 Å². The summed E-state index contributed by atoms with van der Waals surface area (Å²) in [6.45, 7) is 15.3. The highest BCUT2D eigenvalue weighted by molar-refractivity contribution is 5.89. The molecule has 248 valence electrons. The highest BCUT2D eigenvalue weighted by Gasteiger charge is 2.20. The molecule has 0 N–H and O–H groups in total. The van der Waals surface area contributed by atoms with Gasteiger partial charge < -0.3 is 18.8 Å². The fourth-order valence-corrected chi connectivity index (χ4v) is 5.36. The molecule has 0 spiro atoms. The van der Waals surface area contributed by atoms with E-state index in [1.807, 2.05) is 16.7 Å². The maximum atomic E-state index is 14.1. The van der Waals surface area contributed by atoms with Gasteiger partial charge in [0, 0.05) is 18.0 Å². The number of pyridine rings is 1. The third-order valence-corrected chi connectivity index (χ3v) is 8.15. The van der Waals surface area contributed by atoms with Crippen molar-refractivity contribution < 1.29 is 14.2 Å². The zero-order chi connectivity index (χ0) is 32.0. The van der Waals surface area contributed by atoms with Gasteiger partial charge in [0.05, 0.1) is 18.7 Å². The van der Waals surface area contributed by atoms with Crippen LogP contribution in [0, 0.1) is 0 Å². The maximum absolute atomic E-state index is 14.1. The van der Waals surface area contributed by atoms with E-state index in [0.29, 0.717) is 37.9 Å². The summed E-state index contributed by atoms with van der Waals surface area (Å²) in [5.41, 5.74) is 3.36. The zero-order valence-corrected chi connectivity index (χ0v) is 29.1. The standard InChI is InChI=1S/C39H63NO4/c1-7-10-13-15-17-19-27-40-36-31-34(42-29-20-18-16-14-11-8-2)24-25-35(36)37(43-28-12-9-3)38(39(40)41)44-30-26-33(6)23-21-22-32(4)5/h22,24-26,31H,7-21,23,27-30H2,1-6H3/b33-26+. The number of benzene rings is 1. The Morgan fingerprint density at radius 1 is 0.705 bits per heavy atom. The van der Waals surface area contributed by atoms with Gasteiger partial charge in [-0.3, -0.25) is 4.79 Å². The second kappa shape index (κ2) is 22.8. The second-order valence-electron chi connectivity index (χ2n) is 12.6. The molecule has 2 rings (SSSR count). The van der Waals surface area contributed by atoms with E-state index in [9.17, 15) is 4.79 Å². The fourth-order valence-electron chi connectivity index (χ4n) is 5.36. The molecule has 0 aliphatic rings. The topological polar surface area (TPSA) is 49.7 Å². The van der Waals surface area contributed by atoms with Crippen molar-refractivity contribution >= 4 is 10.9 Å². The van der Waals surface area contributed by atoms with Crippen LogP contribution in [0.25, 0.3) is 10.9 Å². The maximum Gasteiger partial charge on any atom is 0.297 e. The molecule has 0 amide bonds. The fraction of sp³-hybridized carbons (Fsp3) is 0.667. The van der Waals surface area contributed by atoms with E-state index in [1.54, 1.807) is 0 Å². The summed E-state index contributed by atoms with van der Waals surface area (Å²) in [7, 11) is 0. The quantitative estimate of drug-likeness (QED) is 0.0830. The van der Waals surface area contributed by atoms with Gasteiger partial charge in [0.1, 0.15) is 12.4 Å². The van der Waals surface area contributed by atoms with E-state index in [-0.39, 0.29) is 5.56 Å². The van der Waals surface area contributed by atoms with Crippen molar-refractivity contribution in [1.29, 1.82) is 0 Å². The van der Waals surface area contributed by atoms with Gasteiger partial charge >= 0.3 is 0 Å². The molecule has 5 heteroatoms. The lowest BCUT2D eigenvalue weighted by Crippen LogP contribution is -2.24. The van der Waals surface area contributed by atoms with Crippen LogP contribution >= 0.6 is 0 Å². The SMILES string of the molecule is CCCCCCCCOc1ccc2c(OCCCC)c(OC/C=C(\C)CCC=C(C)C)c(=O)n(CCCCCCCC)c2c1. The molecule has 0 radical (unpaired) electrons. The van der Waals surface area contributed by atoms with Gasteiger partial charge in [0.2, 0.25) is 5.75 Å². The third kappa shape index (κ3) is 13.9. The molecular weight excluding hydrogens is 546 g/mol. The summed E-state index contributed by atoms with van der Waals surface area (Å²) in [5, 5.41) is 0.915. The summed E-state index contributed by atoms with van der Waals surface area (Å²) >= 11 is 0. The molecule has 5 nitrogen and oxygen atoms in total. The number of rotatable bonds is 25. The van der Waals surface area contributed by atoms with E-state index in [4.69, 9.17) is 14.2 Å². The minimum Gasteiger partial charge on any atom is -0.494 e. The van der Waals surface area contributed by atoms with Gasteiger partial charge in [-0.15, -0.1) is 0 Å². The van der Waals surface area contributed by atoms with Gasteiger partial charge in [-0.25, -0.2) is 0 Å². The van der Waals surface area contributed by atoms with Crippen molar-refractivity contribution in [1.82, 2.24) is 4.57 Å². The van der Waals surface area contributed by atoms with Gasteiger partial charge in [0.25, 0.3) is 5.56 Å². The molecular formula is C39H63NO4. The first kappa shape index (κ1) is 37.5. The number of unbranched alkanes of at least 4 members (excludes halogenated alkanes) is 11. The van der Waals surface area contributed by atoms with Gasteiger partial charge in [0.15, 0.2) is 5.75 Å². The number of nitrogens with zero attached hydrogens (tertiary/aromatic N) is 1. The van der Waals surface area contributed by atoms with Crippen LogP contribution in [0.15, 0.2) is 46.3 Å². The largest absolute Gasteiger partial charge is 0.494 e. The molecule has 0 bridgehead atoms. The van der Waals surface area contributed by atoms with Crippen LogP contribution in [0.1, 0.15) is 144 Å². The molecule has 1 heterocycles. The Morgan fingerprint density at radius 2 is 1.34 bits per heavy atom. The number of hydrogen-bond donors (Lipinski definition) is 0. The average Bonchev–Trinajstić information content (AvgIpc) is 3.00. The Hall–Kier alpha value is -2.69. The Labute approximate surface area is 269 Å². The first-order valence-corrected chi connectivity index (χ1v) is 17.8. The van der Waals surface area contributed by atoms with Gasteiger partial charge in [-0.05, 0) is 71.1 Å².